The summed E-state index contributed by atoms with van der Waals surface area (Å²) in [6, 6.07) is 3.81. The number of halogens is 1. The smallest absolute Gasteiger partial charge is 0.253 e. The molecule has 24 heavy (non-hydrogen) atoms. The monoisotopic (exact) mass is 365 g/mol. The molecule has 2 aromatic rings. The molecule has 0 radical (unpaired) electrons. The topological polar surface area (TPSA) is 48.1 Å². The number of hydrogen-bond donors (Lipinski definition) is 2. The molecule has 2 N–H and O–H groups in total. The summed E-state index contributed by atoms with van der Waals surface area (Å²) in [6.07, 6.45) is 7.24. The van der Waals surface area contributed by atoms with E-state index in [1.165, 1.54) is 37.3 Å². The largest absolute Gasteiger partial charge is 0.366 e. The lowest BCUT2D eigenvalue weighted by Gasteiger charge is -2.30. The first-order valence-electron chi connectivity index (χ1n) is 8.56. The summed E-state index contributed by atoms with van der Waals surface area (Å²) in [7, 11) is 0. The number of hydrogen-bond acceptors (Lipinski definition) is 3. The first-order valence-corrected chi connectivity index (χ1v) is 9.76. The minimum absolute atomic E-state index is 0.0252. The second kappa shape index (κ2) is 8.19. The fourth-order valence-electron chi connectivity index (χ4n) is 3.30. The number of carbonyl (C=O) groups is 1. The number of aromatic amines is 1. The molecule has 0 aliphatic carbocycles. The number of rotatable bonds is 6. The molecule has 1 fully saturated rings. The summed E-state index contributed by atoms with van der Waals surface area (Å²) in [5.74, 6) is 0.774. The summed E-state index contributed by atoms with van der Waals surface area (Å²) in [6.45, 7) is 6.47. The number of amides is 1. The van der Waals surface area contributed by atoms with Crippen molar-refractivity contribution in [3.05, 3.63) is 34.4 Å². The van der Waals surface area contributed by atoms with Gasteiger partial charge in [0.05, 0.1) is 9.90 Å². The van der Waals surface area contributed by atoms with E-state index in [2.05, 4.69) is 22.1 Å². The maximum atomic E-state index is 12.4. The van der Waals surface area contributed by atoms with Crippen LogP contribution in [0.4, 0.5) is 0 Å². The highest BCUT2D eigenvalue weighted by Crippen LogP contribution is 2.33. The Morgan fingerprint density at radius 3 is 3.08 bits per heavy atom. The SMILES string of the molecule is C[C@H]1CCCN(CCCNC(=O)c2c[nH]cc2-c2ccc(Cl)s2)C1. The van der Waals surface area contributed by atoms with Crippen LogP contribution < -0.4 is 5.32 Å². The Labute approximate surface area is 152 Å². The normalized spacial score (nSPS) is 18.7. The molecule has 1 saturated heterocycles. The van der Waals surface area contributed by atoms with E-state index in [1.807, 2.05) is 18.3 Å². The van der Waals surface area contributed by atoms with Gasteiger partial charge < -0.3 is 15.2 Å². The number of likely N-dealkylation sites (tertiary alicyclic amines) is 1. The van der Waals surface area contributed by atoms with E-state index >= 15 is 0 Å². The molecule has 0 bridgehead atoms. The zero-order chi connectivity index (χ0) is 16.9. The van der Waals surface area contributed by atoms with Crippen molar-refractivity contribution in [2.75, 3.05) is 26.2 Å². The average Bonchev–Trinajstić information content (AvgIpc) is 3.20. The van der Waals surface area contributed by atoms with Crippen LogP contribution >= 0.6 is 22.9 Å². The van der Waals surface area contributed by atoms with E-state index in [4.69, 9.17) is 11.6 Å². The Kier molecular flexibility index (Phi) is 5.98. The average molecular weight is 366 g/mol. The van der Waals surface area contributed by atoms with E-state index in [0.717, 1.165) is 33.7 Å². The fraction of sp³-hybridized carbons (Fsp3) is 0.500. The van der Waals surface area contributed by atoms with Crippen molar-refractivity contribution in [2.45, 2.75) is 26.2 Å². The second-order valence-electron chi connectivity index (χ2n) is 6.54. The van der Waals surface area contributed by atoms with Gasteiger partial charge in [0.25, 0.3) is 5.91 Å². The van der Waals surface area contributed by atoms with Gasteiger partial charge in [-0.2, -0.15) is 0 Å². The Hall–Kier alpha value is -1.30. The molecule has 1 amide bonds. The van der Waals surface area contributed by atoms with Crippen LogP contribution in [-0.4, -0.2) is 42.0 Å². The molecule has 1 aliphatic heterocycles. The molecule has 2 aromatic heterocycles. The van der Waals surface area contributed by atoms with Gasteiger partial charge in [-0.05, 0) is 50.4 Å². The van der Waals surface area contributed by atoms with Crippen molar-refractivity contribution in [3.8, 4) is 10.4 Å². The Balaban J connectivity index is 1.48. The van der Waals surface area contributed by atoms with Gasteiger partial charge in [0.1, 0.15) is 0 Å². The summed E-state index contributed by atoms with van der Waals surface area (Å²) >= 11 is 7.48. The van der Waals surface area contributed by atoms with Gasteiger partial charge in [0, 0.05) is 35.9 Å². The highest BCUT2D eigenvalue weighted by Gasteiger charge is 2.17. The summed E-state index contributed by atoms with van der Waals surface area (Å²) in [4.78, 5) is 19.0. The molecular formula is C18H24ClN3OS. The van der Waals surface area contributed by atoms with Gasteiger partial charge in [-0.25, -0.2) is 0 Å². The van der Waals surface area contributed by atoms with Crippen LogP contribution in [0.3, 0.4) is 0 Å². The van der Waals surface area contributed by atoms with Gasteiger partial charge >= 0.3 is 0 Å². The zero-order valence-corrected chi connectivity index (χ0v) is 15.6. The number of nitrogens with zero attached hydrogens (tertiary/aromatic N) is 1. The molecule has 1 aliphatic rings. The standard InChI is InChI=1S/C18H24ClN3OS/c1-13-4-2-8-22(12-13)9-3-7-21-18(23)15-11-20-10-14(15)16-5-6-17(19)24-16/h5-6,10-11,13,20H,2-4,7-9,12H2,1H3,(H,21,23)/t13-/m0/s1. The van der Waals surface area contributed by atoms with Crippen LogP contribution in [0.15, 0.2) is 24.5 Å². The highest BCUT2D eigenvalue weighted by molar-refractivity contribution is 7.19. The van der Waals surface area contributed by atoms with Gasteiger partial charge in [-0.1, -0.05) is 18.5 Å². The van der Waals surface area contributed by atoms with E-state index in [0.29, 0.717) is 12.1 Å². The molecular weight excluding hydrogens is 342 g/mol. The van der Waals surface area contributed by atoms with E-state index in [1.54, 1.807) is 6.20 Å². The van der Waals surface area contributed by atoms with Crippen LogP contribution in [-0.2, 0) is 0 Å². The third kappa shape index (κ3) is 4.41. The summed E-state index contributed by atoms with van der Waals surface area (Å²) in [5.41, 5.74) is 1.59. The van der Waals surface area contributed by atoms with Crippen LogP contribution in [0.25, 0.3) is 10.4 Å². The number of piperidine rings is 1. The Morgan fingerprint density at radius 1 is 1.46 bits per heavy atom. The van der Waals surface area contributed by atoms with Crippen molar-refractivity contribution in [1.82, 2.24) is 15.2 Å². The molecule has 4 nitrogen and oxygen atoms in total. The molecule has 1 atom stereocenters. The number of thiophene rings is 1. The number of H-pyrrole nitrogens is 1. The quantitative estimate of drug-likeness (QED) is 0.752. The molecule has 130 valence electrons. The number of nitrogens with one attached hydrogen (secondary N) is 2. The minimum Gasteiger partial charge on any atom is -0.366 e. The molecule has 3 heterocycles. The fourth-order valence-corrected chi connectivity index (χ4v) is 4.38. The Morgan fingerprint density at radius 2 is 2.33 bits per heavy atom. The molecule has 3 rings (SSSR count). The lowest BCUT2D eigenvalue weighted by atomic mass is 10.0. The van der Waals surface area contributed by atoms with Gasteiger partial charge in [-0.3, -0.25) is 4.79 Å². The molecule has 0 aromatic carbocycles. The minimum atomic E-state index is -0.0252. The highest BCUT2D eigenvalue weighted by atomic mass is 35.5. The van der Waals surface area contributed by atoms with Crippen LogP contribution in [0.5, 0.6) is 0 Å². The maximum absolute atomic E-state index is 12.4. The molecule has 0 unspecified atom stereocenters. The third-order valence-corrected chi connectivity index (χ3v) is 5.77. The third-order valence-electron chi connectivity index (χ3n) is 4.51. The van der Waals surface area contributed by atoms with Crippen molar-refractivity contribution >= 4 is 28.8 Å². The lowest BCUT2D eigenvalue weighted by molar-refractivity contribution is 0.0951. The summed E-state index contributed by atoms with van der Waals surface area (Å²) < 4.78 is 0.730. The van der Waals surface area contributed by atoms with Crippen molar-refractivity contribution in [3.63, 3.8) is 0 Å². The Bertz CT molecular complexity index is 681. The first kappa shape index (κ1) is 17.5. The predicted octanol–water partition coefficient (Wildman–Crippen LogP) is 4.25. The van der Waals surface area contributed by atoms with E-state index in [9.17, 15) is 4.79 Å². The van der Waals surface area contributed by atoms with Crippen molar-refractivity contribution in [1.29, 1.82) is 0 Å². The molecule has 0 saturated carbocycles. The van der Waals surface area contributed by atoms with E-state index in [-0.39, 0.29) is 5.91 Å². The number of aromatic nitrogens is 1. The number of carbonyl (C=O) groups excluding carboxylic acids is 1. The molecule has 0 spiro atoms. The zero-order valence-electron chi connectivity index (χ0n) is 14.0. The van der Waals surface area contributed by atoms with Crippen molar-refractivity contribution < 1.29 is 4.79 Å². The van der Waals surface area contributed by atoms with Crippen LogP contribution in [0.2, 0.25) is 4.34 Å². The summed E-state index contributed by atoms with van der Waals surface area (Å²) in [5, 5.41) is 3.04. The van der Waals surface area contributed by atoms with E-state index < -0.39 is 0 Å². The maximum Gasteiger partial charge on any atom is 0.253 e. The second-order valence-corrected chi connectivity index (χ2v) is 8.26. The van der Waals surface area contributed by atoms with Crippen LogP contribution in [0, 0.1) is 5.92 Å². The lowest BCUT2D eigenvalue weighted by Crippen LogP contribution is -2.36. The van der Waals surface area contributed by atoms with Gasteiger partial charge in [0.2, 0.25) is 0 Å². The van der Waals surface area contributed by atoms with Gasteiger partial charge in [-0.15, -0.1) is 11.3 Å². The van der Waals surface area contributed by atoms with Gasteiger partial charge in [0.15, 0.2) is 0 Å². The first-order chi connectivity index (χ1) is 11.6. The molecule has 6 heteroatoms. The predicted molar refractivity (Wildman–Crippen MR) is 101 cm³/mol. The van der Waals surface area contributed by atoms with Crippen LogP contribution in [0.1, 0.15) is 36.5 Å². The van der Waals surface area contributed by atoms with Crippen molar-refractivity contribution in [2.24, 2.45) is 5.92 Å².